The number of hydrogen-bond acceptors (Lipinski definition) is 4. The molecule has 2 amide bonds. The van der Waals surface area contributed by atoms with Gasteiger partial charge in [0.1, 0.15) is 0 Å². The first kappa shape index (κ1) is 15.9. The van der Waals surface area contributed by atoms with Crippen LogP contribution in [0.1, 0.15) is 6.42 Å². The number of amides is 2. The SMILES string of the molecule is O=C(C[C@@H]1Sc2ccc(Cl)cc2NC1=O)NCCn1ccnc1. The maximum absolute atomic E-state index is 12.1. The van der Waals surface area contributed by atoms with Gasteiger partial charge in [-0.15, -0.1) is 11.8 Å². The Morgan fingerprint density at radius 1 is 1.48 bits per heavy atom. The lowest BCUT2D eigenvalue weighted by molar-refractivity contribution is -0.124. The van der Waals surface area contributed by atoms with Crippen molar-refractivity contribution in [1.82, 2.24) is 14.9 Å². The van der Waals surface area contributed by atoms with Crippen molar-refractivity contribution in [3.05, 3.63) is 41.9 Å². The number of fused-ring (bicyclic) bond motifs is 1. The van der Waals surface area contributed by atoms with Crippen molar-refractivity contribution in [2.24, 2.45) is 0 Å². The first-order valence-electron chi connectivity index (χ1n) is 7.11. The van der Waals surface area contributed by atoms with E-state index in [4.69, 9.17) is 11.6 Å². The van der Waals surface area contributed by atoms with Crippen LogP contribution in [0.3, 0.4) is 0 Å². The quantitative estimate of drug-likeness (QED) is 0.866. The molecule has 1 aliphatic heterocycles. The van der Waals surface area contributed by atoms with Gasteiger partial charge in [-0.2, -0.15) is 0 Å². The van der Waals surface area contributed by atoms with Crippen LogP contribution in [0.5, 0.6) is 0 Å². The van der Waals surface area contributed by atoms with Gasteiger partial charge in [0.25, 0.3) is 0 Å². The van der Waals surface area contributed by atoms with Gasteiger partial charge in [-0.05, 0) is 18.2 Å². The zero-order valence-electron chi connectivity index (χ0n) is 12.2. The third kappa shape index (κ3) is 4.05. The molecule has 1 aliphatic rings. The minimum Gasteiger partial charge on any atom is -0.354 e. The Kier molecular flexibility index (Phi) is 4.88. The van der Waals surface area contributed by atoms with Crippen LogP contribution in [0, 0.1) is 0 Å². The van der Waals surface area contributed by atoms with E-state index in [-0.39, 0.29) is 18.2 Å². The van der Waals surface area contributed by atoms with E-state index in [1.807, 2.05) is 16.8 Å². The zero-order valence-corrected chi connectivity index (χ0v) is 13.7. The number of anilines is 1. The second-order valence-electron chi connectivity index (χ2n) is 5.09. The maximum atomic E-state index is 12.1. The van der Waals surface area contributed by atoms with Crippen LogP contribution in [0.15, 0.2) is 41.8 Å². The second-order valence-corrected chi connectivity index (χ2v) is 6.77. The van der Waals surface area contributed by atoms with Crippen molar-refractivity contribution in [2.45, 2.75) is 23.1 Å². The molecule has 2 heterocycles. The van der Waals surface area contributed by atoms with E-state index in [1.54, 1.807) is 24.7 Å². The third-order valence-corrected chi connectivity index (χ3v) is 4.89. The molecule has 0 spiro atoms. The van der Waals surface area contributed by atoms with Gasteiger partial charge in [-0.1, -0.05) is 11.6 Å². The number of imidazole rings is 1. The first-order chi connectivity index (χ1) is 11.1. The van der Waals surface area contributed by atoms with E-state index in [9.17, 15) is 9.59 Å². The van der Waals surface area contributed by atoms with Gasteiger partial charge < -0.3 is 15.2 Å². The van der Waals surface area contributed by atoms with Gasteiger partial charge in [0.05, 0.1) is 17.3 Å². The molecule has 0 unspecified atom stereocenters. The molecule has 120 valence electrons. The van der Waals surface area contributed by atoms with Crippen molar-refractivity contribution in [3.8, 4) is 0 Å². The summed E-state index contributed by atoms with van der Waals surface area (Å²) < 4.78 is 1.88. The average Bonchev–Trinajstić information content (AvgIpc) is 3.01. The zero-order chi connectivity index (χ0) is 16.2. The topological polar surface area (TPSA) is 76.0 Å². The van der Waals surface area contributed by atoms with Crippen LogP contribution in [0.4, 0.5) is 5.69 Å². The Morgan fingerprint density at radius 2 is 2.35 bits per heavy atom. The second kappa shape index (κ2) is 7.06. The third-order valence-electron chi connectivity index (χ3n) is 3.38. The largest absolute Gasteiger partial charge is 0.354 e. The number of aromatic nitrogens is 2. The van der Waals surface area contributed by atoms with Gasteiger partial charge in [0.15, 0.2) is 0 Å². The molecule has 1 aromatic carbocycles. The van der Waals surface area contributed by atoms with Crippen LogP contribution in [0.25, 0.3) is 0 Å². The van der Waals surface area contributed by atoms with Gasteiger partial charge in [-0.25, -0.2) is 4.98 Å². The highest BCUT2D eigenvalue weighted by Crippen LogP contribution is 2.38. The molecule has 6 nitrogen and oxygen atoms in total. The number of carbonyl (C=O) groups excluding carboxylic acids is 2. The standard InChI is InChI=1S/C15H15ClN4O2S/c16-10-1-2-12-11(7-10)19-15(22)13(23-12)8-14(21)18-4-6-20-5-3-17-9-20/h1-3,5,7,9,13H,4,6,8H2,(H,18,21)(H,19,22)/t13-/m0/s1. The molecule has 0 saturated carbocycles. The molecular weight excluding hydrogens is 336 g/mol. The Morgan fingerprint density at radius 3 is 3.13 bits per heavy atom. The average molecular weight is 351 g/mol. The van der Waals surface area contributed by atoms with Crippen molar-refractivity contribution in [3.63, 3.8) is 0 Å². The fourth-order valence-corrected chi connectivity index (χ4v) is 3.50. The molecule has 1 aromatic heterocycles. The first-order valence-corrected chi connectivity index (χ1v) is 8.37. The monoisotopic (exact) mass is 350 g/mol. The van der Waals surface area contributed by atoms with E-state index >= 15 is 0 Å². The summed E-state index contributed by atoms with van der Waals surface area (Å²) in [5.74, 6) is -0.315. The van der Waals surface area contributed by atoms with Gasteiger partial charge >= 0.3 is 0 Å². The van der Waals surface area contributed by atoms with E-state index < -0.39 is 5.25 Å². The molecule has 2 aromatic rings. The minimum atomic E-state index is -0.433. The van der Waals surface area contributed by atoms with Crippen LogP contribution >= 0.6 is 23.4 Å². The highest BCUT2D eigenvalue weighted by atomic mass is 35.5. The maximum Gasteiger partial charge on any atom is 0.238 e. The summed E-state index contributed by atoms with van der Waals surface area (Å²) in [6, 6.07) is 5.34. The Labute approximate surface area is 142 Å². The Hall–Kier alpha value is -1.99. The Bertz CT molecular complexity index is 720. The molecular formula is C15H15ClN4O2S. The number of thioether (sulfide) groups is 1. The number of hydrogen-bond donors (Lipinski definition) is 2. The van der Waals surface area contributed by atoms with Crippen LogP contribution in [0.2, 0.25) is 5.02 Å². The summed E-state index contributed by atoms with van der Waals surface area (Å²) in [5, 5.41) is 5.75. The molecule has 0 bridgehead atoms. The lowest BCUT2D eigenvalue weighted by Gasteiger charge is -2.23. The highest BCUT2D eigenvalue weighted by molar-refractivity contribution is 8.01. The van der Waals surface area contributed by atoms with Crippen molar-refractivity contribution in [1.29, 1.82) is 0 Å². The molecule has 0 fully saturated rings. The van der Waals surface area contributed by atoms with Gasteiger partial charge in [-0.3, -0.25) is 9.59 Å². The minimum absolute atomic E-state index is 0.141. The number of carbonyl (C=O) groups is 2. The smallest absolute Gasteiger partial charge is 0.238 e. The van der Waals surface area contributed by atoms with Crippen molar-refractivity contribution in [2.75, 3.05) is 11.9 Å². The van der Waals surface area contributed by atoms with E-state index in [1.165, 1.54) is 11.8 Å². The fraction of sp³-hybridized carbons (Fsp3) is 0.267. The molecule has 0 saturated heterocycles. The van der Waals surface area contributed by atoms with E-state index in [0.717, 1.165) is 4.90 Å². The highest BCUT2D eigenvalue weighted by Gasteiger charge is 2.28. The molecule has 0 aliphatic carbocycles. The van der Waals surface area contributed by atoms with Crippen molar-refractivity contribution < 1.29 is 9.59 Å². The summed E-state index contributed by atoms with van der Waals surface area (Å²) in [6.45, 7) is 1.15. The summed E-state index contributed by atoms with van der Waals surface area (Å²) >= 11 is 7.30. The van der Waals surface area contributed by atoms with Gasteiger partial charge in [0.2, 0.25) is 11.8 Å². The summed E-state index contributed by atoms with van der Waals surface area (Å²) in [5.41, 5.74) is 0.698. The molecule has 0 radical (unpaired) electrons. The predicted octanol–water partition coefficient (Wildman–Crippen LogP) is 2.16. The number of rotatable bonds is 5. The van der Waals surface area contributed by atoms with Crippen LogP contribution < -0.4 is 10.6 Å². The number of halogens is 1. The molecule has 8 heteroatoms. The van der Waals surface area contributed by atoms with E-state index in [2.05, 4.69) is 15.6 Å². The number of nitrogens with one attached hydrogen (secondary N) is 2. The molecule has 3 rings (SSSR count). The number of nitrogens with zero attached hydrogens (tertiary/aromatic N) is 2. The van der Waals surface area contributed by atoms with Crippen LogP contribution in [-0.2, 0) is 16.1 Å². The molecule has 1 atom stereocenters. The molecule has 2 N–H and O–H groups in total. The lowest BCUT2D eigenvalue weighted by Crippen LogP contribution is -2.35. The Balaban J connectivity index is 1.52. The number of benzene rings is 1. The summed E-state index contributed by atoms with van der Waals surface area (Å²) in [4.78, 5) is 29.0. The molecule has 23 heavy (non-hydrogen) atoms. The summed E-state index contributed by atoms with van der Waals surface area (Å²) in [7, 11) is 0. The van der Waals surface area contributed by atoms with Gasteiger partial charge in [0, 0.05) is 41.8 Å². The van der Waals surface area contributed by atoms with E-state index in [0.29, 0.717) is 23.8 Å². The summed E-state index contributed by atoms with van der Waals surface area (Å²) in [6.07, 6.45) is 5.36. The fourth-order valence-electron chi connectivity index (χ4n) is 2.24. The van der Waals surface area contributed by atoms with Crippen molar-refractivity contribution >= 4 is 40.9 Å². The normalized spacial score (nSPS) is 16.6. The van der Waals surface area contributed by atoms with Crippen LogP contribution in [-0.4, -0.2) is 33.2 Å². The lowest BCUT2D eigenvalue weighted by atomic mass is 10.2. The predicted molar refractivity (Wildman–Crippen MR) is 89.6 cm³/mol.